The van der Waals surface area contributed by atoms with Crippen LogP contribution in [0.4, 0.5) is 17.1 Å². The Labute approximate surface area is 276 Å². The zero-order chi connectivity index (χ0) is 30.9. The van der Waals surface area contributed by atoms with E-state index >= 15 is 0 Å². The zero-order valence-corrected chi connectivity index (χ0v) is 26.3. The SMILES string of the molecule is c1ccc(-n2c3ccccc3c3ccc(N(c4ccc5sc6ccccc6c5c4)c4cc5ccccc5c5ccccc45)cc32)cc1. The first-order valence-electron chi connectivity index (χ1n) is 16.0. The summed E-state index contributed by atoms with van der Waals surface area (Å²) in [6.07, 6.45) is 0. The van der Waals surface area contributed by atoms with Crippen molar-refractivity contribution in [3.8, 4) is 5.69 Å². The van der Waals surface area contributed by atoms with Crippen LogP contribution in [0.5, 0.6) is 0 Å². The number of hydrogen-bond donors (Lipinski definition) is 0. The minimum atomic E-state index is 1.12. The van der Waals surface area contributed by atoms with Gasteiger partial charge in [0.05, 0.1) is 16.7 Å². The molecule has 0 aliphatic carbocycles. The Hall–Kier alpha value is -5.90. The molecule has 0 aliphatic heterocycles. The van der Waals surface area contributed by atoms with Crippen LogP contribution in [0.1, 0.15) is 0 Å². The van der Waals surface area contributed by atoms with E-state index in [1.54, 1.807) is 0 Å². The molecule has 8 aromatic carbocycles. The van der Waals surface area contributed by atoms with Crippen LogP contribution in [-0.2, 0) is 0 Å². The number of benzene rings is 8. The summed E-state index contributed by atoms with van der Waals surface area (Å²) in [5.41, 5.74) is 6.98. The third-order valence-corrected chi connectivity index (χ3v) is 10.7. The van der Waals surface area contributed by atoms with E-state index in [-0.39, 0.29) is 0 Å². The van der Waals surface area contributed by atoms with Gasteiger partial charge in [0.15, 0.2) is 0 Å². The lowest BCUT2D eigenvalue weighted by molar-refractivity contribution is 1.18. The van der Waals surface area contributed by atoms with Crippen LogP contribution in [0.3, 0.4) is 0 Å². The average Bonchev–Trinajstić information content (AvgIpc) is 3.67. The second-order valence-electron chi connectivity index (χ2n) is 12.2. The summed E-state index contributed by atoms with van der Waals surface area (Å²) in [5, 5.41) is 10.1. The van der Waals surface area contributed by atoms with Crippen LogP contribution in [0.25, 0.3) is 69.2 Å². The molecular weight excluding hydrogens is 589 g/mol. The van der Waals surface area contributed by atoms with Crippen LogP contribution >= 0.6 is 11.3 Å². The Bertz CT molecular complexity index is 2810. The lowest BCUT2D eigenvalue weighted by Gasteiger charge is -2.28. The van der Waals surface area contributed by atoms with E-state index in [1.165, 1.54) is 69.2 Å². The van der Waals surface area contributed by atoms with Crippen LogP contribution in [0, 0.1) is 0 Å². The lowest BCUT2D eigenvalue weighted by atomic mass is 9.98. The molecule has 220 valence electrons. The van der Waals surface area contributed by atoms with Gasteiger partial charge in [-0.2, -0.15) is 0 Å². The molecule has 0 unspecified atom stereocenters. The second kappa shape index (κ2) is 10.3. The summed E-state index contributed by atoms with van der Waals surface area (Å²) in [4.78, 5) is 2.47. The lowest BCUT2D eigenvalue weighted by Crippen LogP contribution is -2.11. The molecule has 3 heteroatoms. The van der Waals surface area contributed by atoms with Crippen molar-refractivity contribution in [3.05, 3.63) is 170 Å². The molecule has 47 heavy (non-hydrogen) atoms. The van der Waals surface area contributed by atoms with E-state index in [4.69, 9.17) is 0 Å². The van der Waals surface area contributed by atoms with Gasteiger partial charge in [0, 0.05) is 53.4 Å². The Morgan fingerprint density at radius 1 is 0.383 bits per heavy atom. The Morgan fingerprint density at radius 3 is 1.87 bits per heavy atom. The predicted molar refractivity (Wildman–Crippen MR) is 203 cm³/mol. The molecule has 2 aromatic heterocycles. The Kier molecular flexibility index (Phi) is 5.78. The number of nitrogens with zero attached hydrogens (tertiary/aromatic N) is 2. The van der Waals surface area contributed by atoms with Gasteiger partial charge in [0.1, 0.15) is 0 Å². The van der Waals surface area contributed by atoms with Gasteiger partial charge in [-0.25, -0.2) is 0 Å². The van der Waals surface area contributed by atoms with Gasteiger partial charge >= 0.3 is 0 Å². The summed E-state index contributed by atoms with van der Waals surface area (Å²) >= 11 is 1.86. The summed E-state index contributed by atoms with van der Waals surface area (Å²) in [7, 11) is 0. The van der Waals surface area contributed by atoms with Gasteiger partial charge in [0.25, 0.3) is 0 Å². The van der Waals surface area contributed by atoms with Gasteiger partial charge in [0.2, 0.25) is 0 Å². The van der Waals surface area contributed by atoms with Crippen molar-refractivity contribution in [1.82, 2.24) is 4.57 Å². The molecule has 0 N–H and O–H groups in total. The summed E-state index contributed by atoms with van der Waals surface area (Å²) in [6.45, 7) is 0. The van der Waals surface area contributed by atoms with E-state index < -0.39 is 0 Å². The van der Waals surface area contributed by atoms with Gasteiger partial charge in [-0.05, 0) is 76.8 Å². The number of fused-ring (bicyclic) bond motifs is 9. The largest absolute Gasteiger partial charge is 0.310 e. The van der Waals surface area contributed by atoms with Crippen LogP contribution < -0.4 is 4.90 Å². The van der Waals surface area contributed by atoms with Crippen LogP contribution in [0.15, 0.2) is 170 Å². The maximum Gasteiger partial charge on any atom is 0.0561 e. The number of hydrogen-bond acceptors (Lipinski definition) is 2. The molecule has 0 saturated heterocycles. The average molecular weight is 617 g/mol. The van der Waals surface area contributed by atoms with E-state index in [0.29, 0.717) is 0 Å². The number of anilines is 3. The van der Waals surface area contributed by atoms with Crippen LogP contribution in [0.2, 0.25) is 0 Å². The summed E-state index contributed by atoms with van der Waals surface area (Å²) in [5.74, 6) is 0. The zero-order valence-electron chi connectivity index (χ0n) is 25.5. The molecule has 0 radical (unpaired) electrons. The first-order valence-corrected chi connectivity index (χ1v) is 16.8. The molecule has 0 spiro atoms. The molecule has 0 amide bonds. The molecule has 0 aliphatic rings. The molecular formula is C44H28N2S. The normalized spacial score (nSPS) is 11.8. The van der Waals surface area contributed by atoms with E-state index in [0.717, 1.165) is 17.1 Å². The van der Waals surface area contributed by atoms with Gasteiger partial charge in [-0.3, -0.25) is 0 Å². The minimum Gasteiger partial charge on any atom is -0.310 e. The Balaban J connectivity index is 1.31. The minimum absolute atomic E-state index is 1.12. The molecule has 10 aromatic rings. The van der Waals surface area contributed by atoms with Crippen molar-refractivity contribution in [1.29, 1.82) is 0 Å². The van der Waals surface area contributed by atoms with Crippen molar-refractivity contribution in [3.63, 3.8) is 0 Å². The number of rotatable bonds is 4. The first-order chi connectivity index (χ1) is 23.3. The highest BCUT2D eigenvalue weighted by Gasteiger charge is 2.21. The molecule has 2 heterocycles. The van der Waals surface area contributed by atoms with E-state index in [9.17, 15) is 0 Å². The number of para-hydroxylation sites is 2. The quantitative estimate of drug-likeness (QED) is 0.179. The van der Waals surface area contributed by atoms with Gasteiger partial charge in [-0.1, -0.05) is 109 Å². The first kappa shape index (κ1) is 26.3. The molecule has 0 saturated carbocycles. The van der Waals surface area contributed by atoms with Crippen molar-refractivity contribution < 1.29 is 0 Å². The van der Waals surface area contributed by atoms with Crippen molar-refractivity contribution in [2.24, 2.45) is 0 Å². The van der Waals surface area contributed by atoms with E-state index in [2.05, 4.69) is 179 Å². The highest BCUT2D eigenvalue weighted by atomic mass is 32.1. The second-order valence-corrected chi connectivity index (χ2v) is 13.2. The smallest absolute Gasteiger partial charge is 0.0561 e. The molecule has 0 fully saturated rings. The fraction of sp³-hybridized carbons (Fsp3) is 0. The van der Waals surface area contributed by atoms with E-state index in [1.807, 2.05) is 11.3 Å². The third-order valence-electron chi connectivity index (χ3n) is 9.54. The fourth-order valence-corrected chi connectivity index (χ4v) is 8.54. The maximum atomic E-state index is 2.47. The molecule has 10 rings (SSSR count). The van der Waals surface area contributed by atoms with Gasteiger partial charge in [-0.15, -0.1) is 11.3 Å². The molecule has 0 bridgehead atoms. The topological polar surface area (TPSA) is 8.17 Å². The van der Waals surface area contributed by atoms with Crippen molar-refractivity contribution in [2.45, 2.75) is 0 Å². The maximum absolute atomic E-state index is 2.47. The monoisotopic (exact) mass is 616 g/mol. The molecule has 0 atom stereocenters. The highest BCUT2D eigenvalue weighted by molar-refractivity contribution is 7.25. The predicted octanol–water partition coefficient (Wildman–Crippen LogP) is 12.9. The summed E-state index contributed by atoms with van der Waals surface area (Å²) < 4.78 is 5.02. The van der Waals surface area contributed by atoms with Crippen LogP contribution in [-0.4, -0.2) is 4.57 Å². The highest BCUT2D eigenvalue weighted by Crippen LogP contribution is 2.45. The van der Waals surface area contributed by atoms with Crippen molar-refractivity contribution >= 4 is 91.9 Å². The number of thiophene rings is 1. The molecule has 2 nitrogen and oxygen atoms in total. The third kappa shape index (κ3) is 4.04. The number of aromatic nitrogens is 1. The fourth-order valence-electron chi connectivity index (χ4n) is 7.45. The standard InChI is InChI=1S/C44H28N2S/c1-2-13-30(14-3-1)46-40-20-10-8-18-36(40)37-24-22-32(28-42(37)46)45(31-23-25-44-39(27-31)38-19-9-11-21-43(38)47-44)41-26-29-12-4-5-15-33(29)34-16-6-7-17-35(34)41/h1-28H. The van der Waals surface area contributed by atoms with Crippen molar-refractivity contribution in [2.75, 3.05) is 4.90 Å². The van der Waals surface area contributed by atoms with Gasteiger partial charge < -0.3 is 9.47 Å². The summed E-state index contributed by atoms with van der Waals surface area (Å²) in [6, 6.07) is 62.1. The Morgan fingerprint density at radius 2 is 1.00 bits per heavy atom.